The van der Waals surface area contributed by atoms with Gasteiger partial charge in [0.2, 0.25) is 0 Å². The Morgan fingerprint density at radius 1 is 1.33 bits per heavy atom. The zero-order valence-corrected chi connectivity index (χ0v) is 14.0. The second-order valence-corrected chi connectivity index (χ2v) is 8.28. The number of nitrogens with one attached hydrogen (secondary N) is 1. The number of piperazine rings is 1. The van der Waals surface area contributed by atoms with Crippen LogP contribution in [0.3, 0.4) is 0 Å². The smallest absolute Gasteiger partial charge is 0.308 e. The Labute approximate surface area is 130 Å². The summed E-state index contributed by atoms with van der Waals surface area (Å²) < 4.78 is 37.0. The molecule has 1 heterocycles. The van der Waals surface area contributed by atoms with Crippen LogP contribution in [0.2, 0.25) is 0 Å². The minimum atomic E-state index is -4.11. The fourth-order valence-corrected chi connectivity index (χ4v) is 3.95. The van der Waals surface area contributed by atoms with Crippen LogP contribution in [0.25, 0.3) is 0 Å². The molecule has 21 heavy (non-hydrogen) atoms. The first-order valence-corrected chi connectivity index (χ1v) is 8.88. The number of nitrogens with zero attached hydrogens (tertiary/aromatic N) is 1. The van der Waals surface area contributed by atoms with Gasteiger partial charge in [-0.25, -0.2) is 0 Å². The molecule has 2 nitrogen and oxygen atoms in total. The standard InChI is InChI=1S/C15H27F3N2S/c1-11(2)8-13-9-19-14(3,12-4-5-12)10-20(13)6-7-21-15(16,17)18/h11-13,19H,4-10H2,1-3H3. The normalized spacial score (nSPS) is 31.9. The number of halogens is 3. The van der Waals surface area contributed by atoms with Crippen molar-refractivity contribution in [3.63, 3.8) is 0 Å². The molecule has 2 fully saturated rings. The molecule has 1 N–H and O–H groups in total. The lowest BCUT2D eigenvalue weighted by molar-refractivity contribution is -0.0330. The average molecular weight is 324 g/mol. The minimum absolute atomic E-state index is 0.0936. The van der Waals surface area contributed by atoms with Crippen molar-refractivity contribution in [2.24, 2.45) is 11.8 Å². The van der Waals surface area contributed by atoms with E-state index in [0.717, 1.165) is 19.5 Å². The lowest BCUT2D eigenvalue weighted by atomic mass is 9.89. The number of hydrogen-bond acceptors (Lipinski definition) is 3. The molecule has 1 aliphatic carbocycles. The van der Waals surface area contributed by atoms with Gasteiger partial charge in [-0.05, 0) is 49.8 Å². The molecule has 2 unspecified atom stereocenters. The van der Waals surface area contributed by atoms with E-state index < -0.39 is 5.51 Å². The summed E-state index contributed by atoms with van der Waals surface area (Å²) in [6, 6.07) is 0.366. The van der Waals surface area contributed by atoms with Gasteiger partial charge in [-0.2, -0.15) is 13.2 Å². The van der Waals surface area contributed by atoms with E-state index in [2.05, 4.69) is 31.0 Å². The van der Waals surface area contributed by atoms with E-state index in [0.29, 0.717) is 24.4 Å². The van der Waals surface area contributed by atoms with Gasteiger partial charge in [0.15, 0.2) is 0 Å². The zero-order chi connectivity index (χ0) is 15.7. The summed E-state index contributed by atoms with van der Waals surface area (Å²) in [6.45, 7) is 8.91. The van der Waals surface area contributed by atoms with Gasteiger partial charge in [0.1, 0.15) is 0 Å². The molecule has 0 bridgehead atoms. The summed E-state index contributed by atoms with van der Waals surface area (Å²) in [7, 11) is 0. The van der Waals surface area contributed by atoms with Crippen molar-refractivity contribution < 1.29 is 13.2 Å². The van der Waals surface area contributed by atoms with E-state index in [1.807, 2.05) is 0 Å². The van der Waals surface area contributed by atoms with E-state index in [1.54, 1.807) is 0 Å². The van der Waals surface area contributed by atoms with Crippen molar-refractivity contribution in [3.05, 3.63) is 0 Å². The molecule has 0 aromatic heterocycles. The molecular formula is C15H27F3N2S. The average Bonchev–Trinajstić information content (AvgIpc) is 3.15. The third-order valence-electron chi connectivity index (χ3n) is 4.66. The Hall–Kier alpha value is 0.0600. The van der Waals surface area contributed by atoms with Gasteiger partial charge in [-0.1, -0.05) is 13.8 Å². The SMILES string of the molecule is CC(C)CC1CNC(C)(C2CC2)CN1CCSC(F)(F)F. The second kappa shape index (κ2) is 6.67. The molecule has 6 heteroatoms. The number of alkyl halides is 3. The summed E-state index contributed by atoms with van der Waals surface area (Å²) in [6.07, 6.45) is 3.55. The highest BCUT2D eigenvalue weighted by Crippen LogP contribution is 2.41. The van der Waals surface area contributed by atoms with Gasteiger partial charge in [-0.3, -0.25) is 4.90 Å². The lowest BCUT2D eigenvalue weighted by Crippen LogP contribution is -2.64. The monoisotopic (exact) mass is 324 g/mol. The summed E-state index contributed by atoms with van der Waals surface area (Å²) in [5, 5.41) is 3.68. The van der Waals surface area contributed by atoms with E-state index in [9.17, 15) is 13.2 Å². The van der Waals surface area contributed by atoms with Gasteiger partial charge in [0.05, 0.1) is 0 Å². The summed E-state index contributed by atoms with van der Waals surface area (Å²) in [5.41, 5.74) is -4.02. The van der Waals surface area contributed by atoms with Crippen molar-refractivity contribution >= 4 is 11.8 Å². The van der Waals surface area contributed by atoms with Crippen molar-refractivity contribution in [1.82, 2.24) is 10.2 Å². The molecule has 0 amide bonds. The maximum atomic E-state index is 12.3. The van der Waals surface area contributed by atoms with E-state index in [-0.39, 0.29) is 23.1 Å². The van der Waals surface area contributed by atoms with Crippen molar-refractivity contribution in [1.29, 1.82) is 0 Å². The largest absolute Gasteiger partial charge is 0.441 e. The molecule has 0 spiro atoms. The van der Waals surface area contributed by atoms with Gasteiger partial charge in [-0.15, -0.1) is 0 Å². The molecule has 124 valence electrons. The van der Waals surface area contributed by atoms with Crippen LogP contribution in [0.1, 0.15) is 40.0 Å². The van der Waals surface area contributed by atoms with Crippen LogP contribution in [-0.4, -0.2) is 47.4 Å². The maximum absolute atomic E-state index is 12.3. The highest BCUT2D eigenvalue weighted by atomic mass is 32.2. The van der Waals surface area contributed by atoms with Crippen LogP contribution < -0.4 is 5.32 Å². The van der Waals surface area contributed by atoms with E-state index >= 15 is 0 Å². The zero-order valence-electron chi connectivity index (χ0n) is 13.2. The van der Waals surface area contributed by atoms with E-state index in [1.165, 1.54) is 12.8 Å². The first-order chi connectivity index (χ1) is 9.70. The van der Waals surface area contributed by atoms with Gasteiger partial charge < -0.3 is 5.32 Å². The van der Waals surface area contributed by atoms with Crippen LogP contribution in [0.4, 0.5) is 13.2 Å². The van der Waals surface area contributed by atoms with Gasteiger partial charge >= 0.3 is 5.51 Å². The van der Waals surface area contributed by atoms with Gasteiger partial charge in [0.25, 0.3) is 0 Å². The Bertz CT molecular complexity index is 344. The third kappa shape index (κ3) is 5.32. The molecule has 2 atom stereocenters. The van der Waals surface area contributed by atoms with Crippen LogP contribution >= 0.6 is 11.8 Å². The summed E-state index contributed by atoms with van der Waals surface area (Å²) in [5.74, 6) is 1.41. The predicted octanol–water partition coefficient (Wildman–Crippen LogP) is 3.73. The number of hydrogen-bond donors (Lipinski definition) is 1. The summed E-state index contributed by atoms with van der Waals surface area (Å²) >= 11 is 0.110. The minimum Gasteiger partial charge on any atom is -0.308 e. The Morgan fingerprint density at radius 3 is 2.52 bits per heavy atom. The predicted molar refractivity (Wildman–Crippen MR) is 82.5 cm³/mol. The van der Waals surface area contributed by atoms with Crippen LogP contribution in [0, 0.1) is 11.8 Å². The maximum Gasteiger partial charge on any atom is 0.441 e. The fourth-order valence-electron chi connectivity index (χ4n) is 3.40. The molecule has 1 aliphatic heterocycles. The molecule has 0 aromatic rings. The summed E-state index contributed by atoms with van der Waals surface area (Å²) in [4.78, 5) is 2.30. The van der Waals surface area contributed by atoms with Crippen LogP contribution in [0.5, 0.6) is 0 Å². The Kier molecular flexibility index (Phi) is 5.53. The first kappa shape index (κ1) is 17.4. The highest BCUT2D eigenvalue weighted by Gasteiger charge is 2.46. The second-order valence-electron chi connectivity index (χ2n) is 7.12. The molecular weight excluding hydrogens is 297 g/mol. The Morgan fingerprint density at radius 2 is 2.00 bits per heavy atom. The first-order valence-electron chi connectivity index (χ1n) is 7.89. The van der Waals surface area contributed by atoms with Crippen LogP contribution in [0.15, 0.2) is 0 Å². The number of thioether (sulfide) groups is 1. The van der Waals surface area contributed by atoms with Crippen LogP contribution in [-0.2, 0) is 0 Å². The molecule has 1 saturated heterocycles. The third-order valence-corrected chi connectivity index (χ3v) is 5.37. The quantitative estimate of drug-likeness (QED) is 0.801. The topological polar surface area (TPSA) is 15.3 Å². The molecule has 2 rings (SSSR count). The van der Waals surface area contributed by atoms with E-state index in [4.69, 9.17) is 0 Å². The lowest BCUT2D eigenvalue weighted by Gasteiger charge is -2.47. The number of rotatable bonds is 6. The van der Waals surface area contributed by atoms with Gasteiger partial charge in [0, 0.05) is 37.0 Å². The van der Waals surface area contributed by atoms with Crippen molar-refractivity contribution in [2.75, 3.05) is 25.4 Å². The molecule has 0 aromatic carbocycles. The molecule has 0 radical (unpaired) electrons. The fraction of sp³-hybridized carbons (Fsp3) is 1.00. The Balaban J connectivity index is 1.92. The van der Waals surface area contributed by atoms with Crippen molar-refractivity contribution in [3.8, 4) is 0 Å². The molecule has 2 aliphatic rings. The molecule has 1 saturated carbocycles. The highest BCUT2D eigenvalue weighted by molar-refractivity contribution is 8.00. The van der Waals surface area contributed by atoms with Crippen molar-refractivity contribution in [2.45, 2.75) is 57.1 Å².